The third kappa shape index (κ3) is 2.41. The highest BCUT2D eigenvalue weighted by Gasteiger charge is 2.31. The highest BCUT2D eigenvalue weighted by Crippen LogP contribution is 2.27. The van der Waals surface area contributed by atoms with Crippen molar-refractivity contribution in [3.05, 3.63) is 24.2 Å². The molecule has 0 bridgehead atoms. The molecule has 2 unspecified atom stereocenters. The summed E-state index contributed by atoms with van der Waals surface area (Å²) in [6, 6.07) is 4.15. The van der Waals surface area contributed by atoms with Gasteiger partial charge in [-0.2, -0.15) is 0 Å². The molecule has 1 aromatic rings. The average molecular weight is 209 g/mol. The normalized spacial score (nSPS) is 31.1. The molecule has 1 N–H and O–H groups in total. The average Bonchev–Trinajstić information content (AvgIpc) is 2.59. The van der Waals surface area contributed by atoms with E-state index >= 15 is 0 Å². The number of hydrogen-bond donors (Lipinski definition) is 1. The topological polar surface area (TPSA) is 34.4 Å². The zero-order valence-electron chi connectivity index (χ0n) is 9.62. The molecule has 0 saturated carbocycles. The largest absolute Gasteiger partial charge is 0.467 e. The van der Waals surface area contributed by atoms with Gasteiger partial charge < -0.3 is 14.5 Å². The van der Waals surface area contributed by atoms with Gasteiger partial charge in [-0.05, 0) is 39.3 Å². The maximum atomic E-state index is 5.84. The fourth-order valence-corrected chi connectivity index (χ4v) is 2.13. The van der Waals surface area contributed by atoms with Gasteiger partial charge in [-0.3, -0.25) is 0 Å². The standard InChI is InChI=1S/C12H19NO2/c1-9-11(10-5-4-7-14-10)15-8-6-12(2,3)13-9/h4-5,7,9,11,13H,6,8H2,1-3H3. The van der Waals surface area contributed by atoms with Gasteiger partial charge in [-0.1, -0.05) is 0 Å². The van der Waals surface area contributed by atoms with Crippen LogP contribution in [0.2, 0.25) is 0 Å². The maximum Gasteiger partial charge on any atom is 0.134 e. The van der Waals surface area contributed by atoms with Crippen LogP contribution in [0.3, 0.4) is 0 Å². The first-order valence-corrected chi connectivity index (χ1v) is 5.51. The van der Waals surface area contributed by atoms with E-state index in [9.17, 15) is 0 Å². The van der Waals surface area contributed by atoms with Crippen LogP contribution in [-0.2, 0) is 4.74 Å². The molecule has 0 aromatic carbocycles. The fraction of sp³-hybridized carbons (Fsp3) is 0.667. The molecule has 0 amide bonds. The molecule has 1 saturated heterocycles. The quantitative estimate of drug-likeness (QED) is 0.771. The van der Waals surface area contributed by atoms with Gasteiger partial charge in [0.25, 0.3) is 0 Å². The second-order valence-corrected chi connectivity index (χ2v) is 4.87. The van der Waals surface area contributed by atoms with Crippen molar-refractivity contribution in [1.82, 2.24) is 5.32 Å². The summed E-state index contributed by atoms with van der Waals surface area (Å²) in [5.74, 6) is 0.910. The van der Waals surface area contributed by atoms with Crippen molar-refractivity contribution in [3.63, 3.8) is 0 Å². The molecule has 1 aliphatic heterocycles. The van der Waals surface area contributed by atoms with Gasteiger partial charge in [0.2, 0.25) is 0 Å². The van der Waals surface area contributed by atoms with Crippen molar-refractivity contribution in [2.45, 2.75) is 44.9 Å². The van der Waals surface area contributed by atoms with Crippen molar-refractivity contribution in [1.29, 1.82) is 0 Å². The Kier molecular flexibility index (Phi) is 2.85. The first-order chi connectivity index (χ1) is 7.08. The lowest BCUT2D eigenvalue weighted by Crippen LogP contribution is -2.45. The SMILES string of the molecule is CC1NC(C)(C)CCOC1c1ccco1. The number of hydrogen-bond acceptors (Lipinski definition) is 3. The van der Waals surface area contributed by atoms with E-state index in [2.05, 4.69) is 26.1 Å². The molecular weight excluding hydrogens is 190 g/mol. The zero-order chi connectivity index (χ0) is 10.9. The second-order valence-electron chi connectivity index (χ2n) is 4.87. The Morgan fingerprint density at radius 3 is 2.93 bits per heavy atom. The molecule has 0 spiro atoms. The number of nitrogens with one attached hydrogen (secondary N) is 1. The van der Waals surface area contributed by atoms with E-state index in [4.69, 9.17) is 9.15 Å². The summed E-state index contributed by atoms with van der Waals surface area (Å²) in [5, 5.41) is 3.57. The van der Waals surface area contributed by atoms with Crippen LogP contribution in [0.25, 0.3) is 0 Å². The van der Waals surface area contributed by atoms with Crippen LogP contribution in [0.1, 0.15) is 39.1 Å². The number of ether oxygens (including phenoxy) is 1. The summed E-state index contributed by atoms with van der Waals surface area (Å²) in [4.78, 5) is 0. The Balaban J connectivity index is 2.14. The van der Waals surface area contributed by atoms with Crippen LogP contribution in [-0.4, -0.2) is 18.2 Å². The maximum absolute atomic E-state index is 5.84. The summed E-state index contributed by atoms with van der Waals surface area (Å²) < 4.78 is 11.2. The number of furan rings is 1. The van der Waals surface area contributed by atoms with Gasteiger partial charge in [0, 0.05) is 18.2 Å². The third-order valence-corrected chi connectivity index (χ3v) is 2.92. The predicted molar refractivity (Wildman–Crippen MR) is 58.7 cm³/mol. The minimum atomic E-state index is 0.0294. The van der Waals surface area contributed by atoms with Crippen molar-refractivity contribution in [2.24, 2.45) is 0 Å². The van der Waals surface area contributed by atoms with Gasteiger partial charge in [-0.15, -0.1) is 0 Å². The summed E-state index contributed by atoms with van der Waals surface area (Å²) in [5.41, 5.74) is 0.140. The Morgan fingerprint density at radius 2 is 2.27 bits per heavy atom. The minimum Gasteiger partial charge on any atom is -0.467 e. The van der Waals surface area contributed by atoms with Crippen LogP contribution in [0.4, 0.5) is 0 Å². The summed E-state index contributed by atoms with van der Waals surface area (Å²) in [6.07, 6.45) is 2.75. The van der Waals surface area contributed by atoms with E-state index in [-0.39, 0.29) is 17.7 Å². The van der Waals surface area contributed by atoms with Gasteiger partial charge in [0.15, 0.2) is 0 Å². The molecule has 0 radical (unpaired) electrons. The molecule has 15 heavy (non-hydrogen) atoms. The van der Waals surface area contributed by atoms with E-state index in [1.807, 2.05) is 12.1 Å². The van der Waals surface area contributed by atoms with Crippen molar-refractivity contribution < 1.29 is 9.15 Å². The van der Waals surface area contributed by atoms with Gasteiger partial charge in [-0.25, -0.2) is 0 Å². The molecule has 1 fully saturated rings. The van der Waals surface area contributed by atoms with E-state index in [0.29, 0.717) is 0 Å². The first kappa shape index (κ1) is 10.7. The van der Waals surface area contributed by atoms with Crippen LogP contribution in [0, 0.1) is 0 Å². The van der Waals surface area contributed by atoms with E-state index in [0.717, 1.165) is 18.8 Å². The highest BCUT2D eigenvalue weighted by molar-refractivity contribution is 5.06. The van der Waals surface area contributed by atoms with Gasteiger partial charge in [0.1, 0.15) is 11.9 Å². The van der Waals surface area contributed by atoms with Crippen molar-refractivity contribution in [2.75, 3.05) is 6.61 Å². The number of rotatable bonds is 1. The Labute approximate surface area is 90.8 Å². The first-order valence-electron chi connectivity index (χ1n) is 5.51. The van der Waals surface area contributed by atoms with Crippen LogP contribution >= 0.6 is 0 Å². The Bertz CT molecular complexity index is 305. The minimum absolute atomic E-state index is 0.0294. The molecule has 1 aliphatic rings. The van der Waals surface area contributed by atoms with E-state index < -0.39 is 0 Å². The van der Waals surface area contributed by atoms with Crippen molar-refractivity contribution in [3.8, 4) is 0 Å². The molecule has 3 heteroatoms. The lowest BCUT2D eigenvalue weighted by Gasteiger charge is -2.28. The molecule has 84 valence electrons. The fourth-order valence-electron chi connectivity index (χ4n) is 2.13. The summed E-state index contributed by atoms with van der Waals surface area (Å²) in [6.45, 7) is 7.32. The lowest BCUT2D eigenvalue weighted by atomic mass is 10.00. The lowest BCUT2D eigenvalue weighted by molar-refractivity contribution is 0.0309. The third-order valence-electron chi connectivity index (χ3n) is 2.92. The van der Waals surface area contributed by atoms with Crippen molar-refractivity contribution >= 4 is 0 Å². The van der Waals surface area contributed by atoms with E-state index in [1.165, 1.54) is 0 Å². The Hall–Kier alpha value is -0.800. The Morgan fingerprint density at radius 1 is 1.47 bits per heavy atom. The molecule has 2 atom stereocenters. The van der Waals surface area contributed by atoms with Gasteiger partial charge >= 0.3 is 0 Å². The van der Waals surface area contributed by atoms with Crippen LogP contribution in [0.5, 0.6) is 0 Å². The monoisotopic (exact) mass is 209 g/mol. The molecule has 1 aromatic heterocycles. The second kappa shape index (κ2) is 3.99. The zero-order valence-corrected chi connectivity index (χ0v) is 9.62. The smallest absolute Gasteiger partial charge is 0.134 e. The molecule has 2 heterocycles. The summed E-state index contributed by atoms with van der Waals surface area (Å²) >= 11 is 0. The predicted octanol–water partition coefficient (Wildman–Crippen LogP) is 2.50. The van der Waals surface area contributed by atoms with Gasteiger partial charge in [0.05, 0.1) is 6.26 Å². The summed E-state index contributed by atoms with van der Waals surface area (Å²) in [7, 11) is 0. The van der Waals surface area contributed by atoms with E-state index in [1.54, 1.807) is 6.26 Å². The van der Waals surface area contributed by atoms with Crippen LogP contribution in [0.15, 0.2) is 22.8 Å². The molecule has 3 nitrogen and oxygen atoms in total. The molecular formula is C12H19NO2. The molecule has 2 rings (SSSR count). The van der Waals surface area contributed by atoms with Crippen LogP contribution < -0.4 is 5.32 Å². The highest BCUT2D eigenvalue weighted by atomic mass is 16.5. The molecule has 0 aliphatic carbocycles.